The number of rotatable bonds is 3. The fraction of sp³-hybridized carbons (Fsp3) is 0.333. The summed E-state index contributed by atoms with van der Waals surface area (Å²) in [5.41, 5.74) is 5.14. The predicted octanol–water partition coefficient (Wildman–Crippen LogP) is 3.17. The molecule has 0 aromatic heterocycles. The zero-order valence-corrected chi connectivity index (χ0v) is 13.0. The summed E-state index contributed by atoms with van der Waals surface area (Å²) in [4.78, 5) is 4.56. The van der Waals surface area contributed by atoms with Crippen molar-refractivity contribution in [3.8, 4) is 0 Å². The largest absolute Gasteiger partial charge is 0.378 e. The molecule has 3 rings (SSSR count). The standard InChI is InChI=1S/C18H23N3/c1-14-4-6-15(7-5-14)18-19-12-13-21(18)17-10-8-16(9-11-17)20(2)3/h4-11,18-19H,12-13H2,1-3H3. The Morgan fingerprint density at radius 2 is 1.67 bits per heavy atom. The molecule has 2 aromatic carbocycles. The second-order valence-electron chi connectivity index (χ2n) is 5.87. The van der Waals surface area contributed by atoms with Gasteiger partial charge in [-0.05, 0) is 36.8 Å². The summed E-state index contributed by atoms with van der Waals surface area (Å²) < 4.78 is 0. The van der Waals surface area contributed by atoms with Crippen LogP contribution in [0.25, 0.3) is 0 Å². The molecule has 3 nitrogen and oxygen atoms in total. The minimum atomic E-state index is 0.274. The molecule has 1 fully saturated rings. The highest BCUT2D eigenvalue weighted by atomic mass is 15.3. The van der Waals surface area contributed by atoms with Gasteiger partial charge in [-0.2, -0.15) is 0 Å². The first-order valence-corrected chi connectivity index (χ1v) is 7.49. The van der Waals surface area contributed by atoms with Crippen molar-refractivity contribution in [3.63, 3.8) is 0 Å². The molecule has 0 spiro atoms. The first kappa shape index (κ1) is 14.0. The van der Waals surface area contributed by atoms with Crippen molar-refractivity contribution in [3.05, 3.63) is 59.7 Å². The second kappa shape index (κ2) is 5.78. The number of benzene rings is 2. The van der Waals surface area contributed by atoms with Crippen molar-refractivity contribution >= 4 is 11.4 Å². The Balaban J connectivity index is 1.85. The molecule has 1 aliphatic rings. The summed E-state index contributed by atoms with van der Waals surface area (Å²) in [6, 6.07) is 17.6. The van der Waals surface area contributed by atoms with Gasteiger partial charge in [0.05, 0.1) is 0 Å². The van der Waals surface area contributed by atoms with Crippen LogP contribution in [-0.4, -0.2) is 27.2 Å². The molecule has 0 amide bonds. The van der Waals surface area contributed by atoms with E-state index in [9.17, 15) is 0 Å². The topological polar surface area (TPSA) is 18.5 Å². The average molecular weight is 281 g/mol. The average Bonchev–Trinajstić information content (AvgIpc) is 2.97. The third-order valence-electron chi connectivity index (χ3n) is 4.09. The molecule has 2 aromatic rings. The smallest absolute Gasteiger partial charge is 0.106 e. The van der Waals surface area contributed by atoms with Crippen molar-refractivity contribution < 1.29 is 0 Å². The molecular weight excluding hydrogens is 258 g/mol. The number of hydrogen-bond acceptors (Lipinski definition) is 3. The van der Waals surface area contributed by atoms with Gasteiger partial charge in [-0.25, -0.2) is 0 Å². The van der Waals surface area contributed by atoms with Gasteiger partial charge in [0.15, 0.2) is 0 Å². The molecule has 0 aliphatic carbocycles. The second-order valence-corrected chi connectivity index (χ2v) is 5.87. The number of nitrogens with zero attached hydrogens (tertiary/aromatic N) is 2. The fourth-order valence-electron chi connectivity index (χ4n) is 2.83. The monoisotopic (exact) mass is 281 g/mol. The molecule has 1 atom stereocenters. The normalized spacial score (nSPS) is 18.0. The highest BCUT2D eigenvalue weighted by Gasteiger charge is 2.25. The first-order valence-electron chi connectivity index (χ1n) is 7.49. The third kappa shape index (κ3) is 2.88. The Morgan fingerprint density at radius 3 is 2.29 bits per heavy atom. The van der Waals surface area contributed by atoms with E-state index in [4.69, 9.17) is 0 Å². The molecule has 3 heteroatoms. The molecule has 1 unspecified atom stereocenters. The van der Waals surface area contributed by atoms with E-state index in [2.05, 4.69) is 84.7 Å². The molecule has 1 N–H and O–H groups in total. The van der Waals surface area contributed by atoms with Gasteiger partial charge in [-0.3, -0.25) is 5.32 Å². The summed E-state index contributed by atoms with van der Waals surface area (Å²) in [7, 11) is 4.14. The minimum absolute atomic E-state index is 0.274. The van der Waals surface area contributed by atoms with Crippen molar-refractivity contribution in [2.45, 2.75) is 13.1 Å². The predicted molar refractivity (Wildman–Crippen MR) is 90.0 cm³/mol. The van der Waals surface area contributed by atoms with Crippen LogP contribution in [0.15, 0.2) is 48.5 Å². The van der Waals surface area contributed by atoms with Crippen molar-refractivity contribution in [1.29, 1.82) is 0 Å². The minimum Gasteiger partial charge on any atom is -0.378 e. The maximum atomic E-state index is 3.59. The molecule has 21 heavy (non-hydrogen) atoms. The van der Waals surface area contributed by atoms with Crippen LogP contribution < -0.4 is 15.1 Å². The van der Waals surface area contributed by atoms with Crippen LogP contribution in [0.5, 0.6) is 0 Å². The molecule has 1 saturated heterocycles. The Bertz CT molecular complexity index is 587. The lowest BCUT2D eigenvalue weighted by molar-refractivity contribution is 0.644. The first-order chi connectivity index (χ1) is 10.1. The molecule has 0 saturated carbocycles. The summed E-state index contributed by atoms with van der Waals surface area (Å²) in [5.74, 6) is 0. The highest BCUT2D eigenvalue weighted by molar-refractivity contribution is 5.57. The van der Waals surface area contributed by atoms with Gasteiger partial charge < -0.3 is 9.80 Å². The van der Waals surface area contributed by atoms with E-state index in [0.29, 0.717) is 0 Å². The SMILES string of the molecule is Cc1ccc(C2NCCN2c2ccc(N(C)C)cc2)cc1. The van der Waals surface area contributed by atoms with Crippen molar-refractivity contribution in [1.82, 2.24) is 5.32 Å². The van der Waals surface area contributed by atoms with E-state index >= 15 is 0 Å². The van der Waals surface area contributed by atoms with E-state index < -0.39 is 0 Å². The van der Waals surface area contributed by atoms with Gasteiger partial charge in [0.2, 0.25) is 0 Å². The number of hydrogen-bond donors (Lipinski definition) is 1. The van der Waals surface area contributed by atoms with Gasteiger partial charge in [0.1, 0.15) is 6.17 Å². The van der Waals surface area contributed by atoms with Gasteiger partial charge >= 0.3 is 0 Å². The summed E-state index contributed by atoms with van der Waals surface area (Å²) in [6.07, 6.45) is 0.274. The van der Waals surface area contributed by atoms with Crippen LogP contribution in [0.1, 0.15) is 17.3 Å². The lowest BCUT2D eigenvalue weighted by Gasteiger charge is -2.27. The lowest BCUT2D eigenvalue weighted by Crippen LogP contribution is -2.27. The van der Waals surface area contributed by atoms with Crippen LogP contribution in [0.2, 0.25) is 0 Å². The van der Waals surface area contributed by atoms with Gasteiger partial charge in [-0.15, -0.1) is 0 Å². The van der Waals surface area contributed by atoms with E-state index in [1.165, 1.54) is 22.5 Å². The molecular formula is C18H23N3. The molecule has 1 aliphatic heterocycles. The Kier molecular flexibility index (Phi) is 3.84. The molecule has 0 bridgehead atoms. The van der Waals surface area contributed by atoms with E-state index in [0.717, 1.165) is 13.1 Å². The van der Waals surface area contributed by atoms with Crippen LogP contribution in [-0.2, 0) is 0 Å². The Hall–Kier alpha value is -2.00. The summed E-state index contributed by atoms with van der Waals surface area (Å²) in [6.45, 7) is 4.19. The highest BCUT2D eigenvalue weighted by Crippen LogP contribution is 2.29. The fourth-order valence-corrected chi connectivity index (χ4v) is 2.83. The third-order valence-corrected chi connectivity index (χ3v) is 4.09. The quantitative estimate of drug-likeness (QED) is 0.932. The maximum Gasteiger partial charge on any atom is 0.106 e. The van der Waals surface area contributed by atoms with E-state index in [1.807, 2.05) is 0 Å². The van der Waals surface area contributed by atoms with Crippen LogP contribution in [0.4, 0.5) is 11.4 Å². The van der Waals surface area contributed by atoms with Crippen molar-refractivity contribution in [2.24, 2.45) is 0 Å². The van der Waals surface area contributed by atoms with Gasteiger partial charge in [-0.1, -0.05) is 29.8 Å². The zero-order valence-electron chi connectivity index (χ0n) is 13.0. The number of nitrogens with one attached hydrogen (secondary N) is 1. The maximum absolute atomic E-state index is 3.59. The Labute approximate surface area is 127 Å². The van der Waals surface area contributed by atoms with E-state index in [1.54, 1.807) is 0 Å². The lowest BCUT2D eigenvalue weighted by atomic mass is 10.1. The summed E-state index contributed by atoms with van der Waals surface area (Å²) >= 11 is 0. The van der Waals surface area contributed by atoms with Gasteiger partial charge in [0, 0.05) is 38.6 Å². The van der Waals surface area contributed by atoms with Crippen molar-refractivity contribution in [2.75, 3.05) is 37.0 Å². The van der Waals surface area contributed by atoms with Crippen LogP contribution in [0.3, 0.4) is 0 Å². The van der Waals surface area contributed by atoms with Crippen LogP contribution >= 0.6 is 0 Å². The Morgan fingerprint density at radius 1 is 1.00 bits per heavy atom. The molecule has 0 radical (unpaired) electrons. The summed E-state index contributed by atoms with van der Waals surface area (Å²) in [5, 5.41) is 3.59. The molecule has 1 heterocycles. The number of anilines is 2. The van der Waals surface area contributed by atoms with E-state index in [-0.39, 0.29) is 6.17 Å². The molecule has 110 valence electrons. The van der Waals surface area contributed by atoms with Gasteiger partial charge in [0.25, 0.3) is 0 Å². The zero-order chi connectivity index (χ0) is 14.8. The number of aryl methyl sites for hydroxylation is 1. The van der Waals surface area contributed by atoms with Crippen LogP contribution in [0, 0.1) is 6.92 Å².